The lowest BCUT2D eigenvalue weighted by molar-refractivity contribution is -0.137. The molecule has 1 saturated heterocycles. The van der Waals surface area contributed by atoms with Crippen molar-refractivity contribution in [2.24, 2.45) is 10.7 Å². The number of nitrogens with one attached hydrogen (secondary N) is 3. The average Bonchev–Trinajstić information content (AvgIpc) is 1.66. The molecule has 89 heavy (non-hydrogen) atoms. The van der Waals surface area contributed by atoms with Crippen molar-refractivity contribution in [1.29, 1.82) is 0 Å². The summed E-state index contributed by atoms with van der Waals surface area (Å²) in [5.41, 5.74) is 11.7. The first-order valence-electron chi connectivity index (χ1n) is 30.8. The van der Waals surface area contributed by atoms with Crippen molar-refractivity contribution in [1.82, 2.24) is 40.5 Å². The van der Waals surface area contributed by atoms with Crippen LogP contribution in [0, 0.1) is 13.8 Å². The van der Waals surface area contributed by atoms with Crippen molar-refractivity contribution >= 4 is 83.5 Å². The second kappa shape index (κ2) is 44.0. The quantitative estimate of drug-likeness (QED) is 0.0142. The number of thiophene rings is 1. The molecular formula is C67H95ClN10O10S. The number of aldehydes is 3. The maximum Gasteiger partial charge on any atom is 0.258 e. The number of ether oxygens (including phenoxy) is 1. The summed E-state index contributed by atoms with van der Waals surface area (Å²) in [4.78, 5) is 111. The van der Waals surface area contributed by atoms with E-state index in [1.165, 1.54) is 63.7 Å². The Morgan fingerprint density at radius 3 is 2.17 bits per heavy atom. The fraction of sp³-hybridized carbons (Fsp3) is 0.493. The summed E-state index contributed by atoms with van der Waals surface area (Å²) in [5.74, 6) is 0.292. The molecule has 1 aliphatic carbocycles. The maximum absolute atomic E-state index is 13.2. The number of unbranched alkanes of at least 4 members (excludes halogenated alkanes) is 5. The van der Waals surface area contributed by atoms with Gasteiger partial charge in [0.15, 0.2) is 18.7 Å². The summed E-state index contributed by atoms with van der Waals surface area (Å²) in [5, 5.41) is 17.8. The van der Waals surface area contributed by atoms with Gasteiger partial charge in [-0.3, -0.25) is 63.4 Å². The van der Waals surface area contributed by atoms with Crippen LogP contribution in [0.1, 0.15) is 192 Å². The number of amides is 6. The molecule has 6 amide bonds. The minimum Gasteiger partial charge on any atom is -0.483 e. The molecule has 486 valence electrons. The van der Waals surface area contributed by atoms with E-state index in [2.05, 4.69) is 58.1 Å². The Balaban J connectivity index is 0.000000434. The molecular weight excluding hydrogens is 1170 g/mol. The molecule has 0 bridgehead atoms. The smallest absolute Gasteiger partial charge is 0.258 e. The van der Waals surface area contributed by atoms with Gasteiger partial charge in [0.1, 0.15) is 35.7 Å². The first kappa shape index (κ1) is 77.5. The number of likely N-dealkylation sites (N-methyl/N-ethyl adjacent to an activating group) is 1. The van der Waals surface area contributed by atoms with Gasteiger partial charge in [-0.2, -0.15) is 0 Å². The lowest BCUT2D eigenvalue weighted by Crippen LogP contribution is -2.51. The van der Waals surface area contributed by atoms with Crippen molar-refractivity contribution in [3.05, 3.63) is 128 Å². The first-order valence-corrected chi connectivity index (χ1v) is 32.0. The Labute approximate surface area is 535 Å². The normalized spacial score (nSPS) is 14.1. The van der Waals surface area contributed by atoms with Crippen molar-refractivity contribution in [3.8, 4) is 10.8 Å². The monoisotopic (exact) mass is 1270 g/mol. The van der Waals surface area contributed by atoms with Crippen LogP contribution in [-0.4, -0.2) is 138 Å². The highest BCUT2D eigenvalue weighted by Crippen LogP contribution is 2.36. The van der Waals surface area contributed by atoms with Gasteiger partial charge in [0, 0.05) is 84.0 Å². The predicted molar refractivity (Wildman–Crippen MR) is 354 cm³/mol. The molecule has 2 aromatic heterocycles. The number of aliphatic imine (C=N–C) groups is 1. The van der Waals surface area contributed by atoms with Gasteiger partial charge in [-0.25, -0.2) is 0 Å². The van der Waals surface area contributed by atoms with Crippen molar-refractivity contribution in [2.45, 2.75) is 177 Å². The number of carbonyl (C=O) groups is 9. The van der Waals surface area contributed by atoms with Crippen LogP contribution in [-0.2, 0) is 46.5 Å². The fourth-order valence-corrected chi connectivity index (χ4v) is 10.2. The zero-order valence-corrected chi connectivity index (χ0v) is 55.5. The number of imide groups is 2. The summed E-state index contributed by atoms with van der Waals surface area (Å²) in [6.07, 6.45) is 22.5. The standard InChI is InChI=1S/C25H38N4O6.C18H17ClN4S.C15H20N2O3.C4H8.C3H6O.C2H6/c1-19(12-13-22(32)28-18-31)29(2)25(34)24-20(16-30)10-9-11-21(24)35-17-23(33)27-15-8-6-4-3-5-7-14-26;1-4-14-21-22-15-9-20-17(12-5-7-13(19)8-6-12)16-10(2)11(3)24-18(16)23(14)15;1-4-5-6-12(10-18)11(2)9-17(3)13-7-8-14(19)16-15(13)20;1-2-4-3-1;1-2-3-4;1-2/h9-11,16,18-19H,3-8,12-15,17,26H2,1-2H3,(H,27,33)(H,28,31,32);5-8H,4,9H2,1-3H3;4-6,10,13H,1,7-9H2,2-3H3,(H,16,19,20);1-4H2;3H,2H2,1H3;1-2H3/b;;6-5-,12-11-;;;. The van der Waals surface area contributed by atoms with Crippen LogP contribution in [0.5, 0.6) is 5.75 Å². The van der Waals surface area contributed by atoms with Gasteiger partial charge in [0.05, 0.1) is 17.3 Å². The minimum absolute atomic E-state index is 0.0551. The molecule has 20 nitrogen and oxygen atoms in total. The molecule has 5 N–H and O–H groups in total. The molecule has 0 spiro atoms. The van der Waals surface area contributed by atoms with Crippen molar-refractivity contribution in [3.63, 3.8) is 0 Å². The van der Waals surface area contributed by atoms with Gasteiger partial charge < -0.3 is 25.5 Å². The summed E-state index contributed by atoms with van der Waals surface area (Å²) in [7, 11) is 3.36. The number of carbonyl (C=O) groups excluding carboxylic acids is 9. The molecule has 22 heteroatoms. The number of benzene rings is 2. The average molecular weight is 1270 g/mol. The van der Waals surface area contributed by atoms with Crippen LogP contribution < -0.4 is 26.4 Å². The fourth-order valence-electron chi connectivity index (χ4n) is 8.86. The maximum atomic E-state index is 13.2. The van der Waals surface area contributed by atoms with E-state index in [1.807, 2.05) is 63.9 Å². The molecule has 2 aliphatic heterocycles. The van der Waals surface area contributed by atoms with E-state index in [0.29, 0.717) is 63.6 Å². The number of aryl methyl sites for hydroxylation is 2. The van der Waals surface area contributed by atoms with Crippen LogP contribution in [0.2, 0.25) is 5.02 Å². The third-order valence-electron chi connectivity index (χ3n) is 14.5. The highest BCUT2D eigenvalue weighted by Gasteiger charge is 2.31. The van der Waals surface area contributed by atoms with E-state index in [1.54, 1.807) is 49.6 Å². The number of allylic oxidation sites excluding steroid dienone is 4. The Morgan fingerprint density at radius 1 is 0.944 bits per heavy atom. The van der Waals surface area contributed by atoms with Gasteiger partial charge in [-0.15, -0.1) is 21.5 Å². The molecule has 2 aromatic carbocycles. The third kappa shape index (κ3) is 26.2. The van der Waals surface area contributed by atoms with Gasteiger partial charge in [-0.05, 0) is 96.3 Å². The molecule has 1 saturated carbocycles. The zero-order chi connectivity index (χ0) is 66.3. The largest absolute Gasteiger partial charge is 0.483 e. The number of rotatable bonds is 27. The van der Waals surface area contributed by atoms with Crippen LogP contribution in [0.4, 0.5) is 0 Å². The van der Waals surface area contributed by atoms with Gasteiger partial charge in [0.25, 0.3) is 11.8 Å². The van der Waals surface area contributed by atoms with E-state index in [4.69, 9.17) is 27.1 Å². The lowest BCUT2D eigenvalue weighted by Gasteiger charge is -2.30. The highest BCUT2D eigenvalue weighted by atomic mass is 35.5. The van der Waals surface area contributed by atoms with Crippen LogP contribution in [0.25, 0.3) is 5.00 Å². The predicted octanol–water partition coefficient (Wildman–Crippen LogP) is 10.5. The highest BCUT2D eigenvalue weighted by molar-refractivity contribution is 7.15. The van der Waals surface area contributed by atoms with Crippen LogP contribution in [0.3, 0.4) is 0 Å². The second-order valence-corrected chi connectivity index (χ2v) is 22.7. The topological polar surface area (TPSA) is 275 Å². The molecule has 4 aromatic rings. The van der Waals surface area contributed by atoms with E-state index in [9.17, 15) is 43.2 Å². The molecule has 2 unspecified atom stereocenters. The van der Waals surface area contributed by atoms with E-state index in [0.717, 1.165) is 97.6 Å². The summed E-state index contributed by atoms with van der Waals surface area (Å²) in [6, 6.07) is 11.8. The summed E-state index contributed by atoms with van der Waals surface area (Å²) < 4.78 is 7.80. The number of nitrogens with zero attached hydrogens (tertiary/aromatic N) is 6. The number of fused-ring (bicyclic) bond motifs is 3. The van der Waals surface area contributed by atoms with Crippen LogP contribution in [0.15, 0.2) is 83.4 Å². The lowest BCUT2D eigenvalue weighted by atomic mass is 10.00. The Hall–Kier alpha value is -7.59. The van der Waals surface area contributed by atoms with Crippen LogP contribution >= 0.6 is 22.9 Å². The van der Waals surface area contributed by atoms with Gasteiger partial charge in [-0.1, -0.05) is 140 Å². The molecule has 2 fully saturated rings. The SMILES string of the molecule is C1CCC1.C=C/C=C\C(C=O)=C(/C)CN(C)C1CCC(=O)NC1=O.CC.CC(CCC(=O)NC=O)N(C)C(=O)c1c(C=O)cccc1OCC(=O)NCCCCCCCCN.CCC=O.CCc1nnc2n1-c1sc(C)c(C)c1C(c1ccc(Cl)cc1)=NC2. The number of aromatic nitrogens is 3. The van der Waals surface area contributed by atoms with E-state index in [-0.39, 0.29) is 59.7 Å². The van der Waals surface area contributed by atoms with Gasteiger partial charge >= 0.3 is 0 Å². The third-order valence-corrected chi connectivity index (χ3v) is 16.0. The van der Waals surface area contributed by atoms with E-state index < -0.39 is 11.8 Å². The molecule has 4 heterocycles. The minimum atomic E-state index is -0.471. The number of nitrogens with two attached hydrogens (primary N) is 1. The Kier molecular flexibility index (Phi) is 38.3. The number of hydrogen-bond donors (Lipinski definition) is 4. The Morgan fingerprint density at radius 2 is 1.60 bits per heavy atom. The molecule has 3 aliphatic rings. The summed E-state index contributed by atoms with van der Waals surface area (Å²) in [6.45, 7) is 21.4. The van der Waals surface area contributed by atoms with E-state index >= 15 is 0 Å². The molecule has 7 rings (SSSR count). The molecule has 0 radical (unpaired) electrons. The van der Waals surface area contributed by atoms with Crippen molar-refractivity contribution in [2.75, 3.05) is 40.3 Å². The Bertz CT molecular complexity index is 3020. The molecule has 2 atom stereocenters. The second-order valence-electron chi connectivity index (χ2n) is 21.1. The van der Waals surface area contributed by atoms with Crippen molar-refractivity contribution < 1.29 is 47.9 Å². The number of halogens is 1. The zero-order valence-electron chi connectivity index (χ0n) is 53.9. The summed E-state index contributed by atoms with van der Waals surface area (Å²) >= 11 is 7.84. The first-order chi connectivity index (χ1) is 42.8. The number of piperidine rings is 1. The van der Waals surface area contributed by atoms with Gasteiger partial charge in [0.2, 0.25) is 24.1 Å². The number of hydrogen-bond acceptors (Lipinski definition) is 16.